The molecule has 2 atom stereocenters. The number of nitrogens with zero attached hydrogens (tertiary/aromatic N) is 1. The van der Waals surface area contributed by atoms with Crippen LogP contribution in [0.2, 0.25) is 0 Å². The van der Waals surface area contributed by atoms with Crippen LogP contribution in [0.15, 0.2) is 0 Å². The summed E-state index contributed by atoms with van der Waals surface area (Å²) >= 11 is 0. The van der Waals surface area contributed by atoms with Crippen molar-refractivity contribution in [2.45, 2.75) is 57.4 Å². The van der Waals surface area contributed by atoms with Gasteiger partial charge in [0.15, 0.2) is 0 Å². The first-order chi connectivity index (χ1) is 7.83. The lowest BCUT2D eigenvalue weighted by molar-refractivity contribution is -0.137. The number of carbonyl (C=O) groups excluding carboxylic acids is 1. The zero-order valence-corrected chi connectivity index (χ0v) is 10.2. The number of hydrogen-bond acceptors (Lipinski definition) is 2. The maximum atomic E-state index is 12.1. The number of rotatable bonds is 3. The monoisotopic (exact) mass is 224 g/mol. The highest BCUT2D eigenvalue weighted by Crippen LogP contribution is 2.35. The molecule has 0 unspecified atom stereocenters. The lowest BCUT2D eigenvalue weighted by atomic mass is 9.78. The summed E-state index contributed by atoms with van der Waals surface area (Å²) in [5.41, 5.74) is 5.47. The summed E-state index contributed by atoms with van der Waals surface area (Å²) in [5, 5.41) is 0. The molecule has 1 aliphatic heterocycles. The van der Waals surface area contributed by atoms with Crippen LogP contribution < -0.4 is 5.73 Å². The van der Waals surface area contributed by atoms with Gasteiger partial charge in [0.2, 0.25) is 5.91 Å². The molecule has 3 nitrogen and oxygen atoms in total. The van der Waals surface area contributed by atoms with Gasteiger partial charge in [-0.1, -0.05) is 12.8 Å². The quantitative estimate of drug-likeness (QED) is 0.796. The van der Waals surface area contributed by atoms with Gasteiger partial charge in [-0.2, -0.15) is 0 Å². The molecule has 0 aromatic carbocycles. The summed E-state index contributed by atoms with van der Waals surface area (Å²) in [5.74, 6) is 1.14. The maximum absolute atomic E-state index is 12.1. The van der Waals surface area contributed by atoms with Crippen molar-refractivity contribution in [3.05, 3.63) is 0 Å². The molecule has 0 spiro atoms. The number of piperidine rings is 1. The van der Waals surface area contributed by atoms with E-state index >= 15 is 0 Å². The molecule has 0 bridgehead atoms. The van der Waals surface area contributed by atoms with Gasteiger partial charge < -0.3 is 10.6 Å². The van der Waals surface area contributed by atoms with Gasteiger partial charge in [-0.15, -0.1) is 0 Å². The maximum Gasteiger partial charge on any atom is 0.222 e. The Morgan fingerprint density at radius 1 is 1.19 bits per heavy atom. The highest BCUT2D eigenvalue weighted by Gasteiger charge is 2.35. The van der Waals surface area contributed by atoms with Crippen molar-refractivity contribution in [3.63, 3.8) is 0 Å². The largest absolute Gasteiger partial charge is 0.339 e. The average Bonchev–Trinajstić information content (AvgIpc) is 2.35. The van der Waals surface area contributed by atoms with Crippen molar-refractivity contribution in [2.24, 2.45) is 11.7 Å². The first-order valence-electron chi connectivity index (χ1n) is 6.82. The molecule has 0 aromatic heterocycles. The van der Waals surface area contributed by atoms with Gasteiger partial charge >= 0.3 is 0 Å². The van der Waals surface area contributed by atoms with Crippen LogP contribution >= 0.6 is 0 Å². The summed E-state index contributed by atoms with van der Waals surface area (Å²) in [7, 11) is 0. The molecule has 2 aliphatic rings. The molecule has 16 heavy (non-hydrogen) atoms. The Bertz CT molecular complexity index is 240. The van der Waals surface area contributed by atoms with Crippen LogP contribution in [0.3, 0.4) is 0 Å². The third-order valence-corrected chi connectivity index (χ3v) is 4.16. The fourth-order valence-electron chi connectivity index (χ4n) is 3.33. The third-order valence-electron chi connectivity index (χ3n) is 4.16. The van der Waals surface area contributed by atoms with Crippen molar-refractivity contribution >= 4 is 5.91 Å². The minimum atomic E-state index is 0.349. The SMILES string of the molecule is NCCCC(=O)N1CCC[C@H]2CCCC[C@H]21. The van der Waals surface area contributed by atoms with Crippen LogP contribution in [-0.4, -0.2) is 29.9 Å². The molecule has 1 amide bonds. The Kier molecular flexibility index (Phi) is 4.22. The van der Waals surface area contributed by atoms with Crippen molar-refractivity contribution in [1.82, 2.24) is 4.90 Å². The van der Waals surface area contributed by atoms with Crippen LogP contribution in [0.5, 0.6) is 0 Å². The van der Waals surface area contributed by atoms with E-state index in [1.807, 2.05) is 0 Å². The molecule has 2 N–H and O–H groups in total. The van der Waals surface area contributed by atoms with Gasteiger partial charge in [0, 0.05) is 19.0 Å². The molecular formula is C13H24N2O. The standard InChI is InChI=1S/C13H24N2O/c14-9-3-8-13(16)15-10-4-6-11-5-1-2-7-12(11)15/h11-12H,1-10,14H2/t11-,12-/m1/s1. The summed E-state index contributed by atoms with van der Waals surface area (Å²) in [6, 6.07) is 0.563. The van der Waals surface area contributed by atoms with Crippen molar-refractivity contribution in [1.29, 1.82) is 0 Å². The van der Waals surface area contributed by atoms with E-state index in [0.717, 1.165) is 18.9 Å². The molecule has 3 heteroatoms. The summed E-state index contributed by atoms with van der Waals surface area (Å²) in [6.07, 6.45) is 9.28. The predicted octanol–water partition coefficient (Wildman–Crippen LogP) is 1.91. The molecule has 0 aromatic rings. The van der Waals surface area contributed by atoms with Gasteiger partial charge in [0.1, 0.15) is 0 Å². The molecule has 1 aliphatic carbocycles. The van der Waals surface area contributed by atoms with E-state index in [9.17, 15) is 4.79 Å². The number of likely N-dealkylation sites (tertiary alicyclic amines) is 1. The Hall–Kier alpha value is -0.570. The van der Waals surface area contributed by atoms with E-state index in [1.54, 1.807) is 0 Å². The van der Waals surface area contributed by atoms with Gasteiger partial charge in [0.25, 0.3) is 0 Å². The van der Waals surface area contributed by atoms with E-state index in [-0.39, 0.29) is 0 Å². The zero-order valence-electron chi connectivity index (χ0n) is 10.2. The molecule has 0 radical (unpaired) electrons. The Morgan fingerprint density at radius 2 is 1.94 bits per heavy atom. The Morgan fingerprint density at radius 3 is 2.75 bits per heavy atom. The highest BCUT2D eigenvalue weighted by molar-refractivity contribution is 5.76. The first kappa shape index (κ1) is 11.9. The van der Waals surface area contributed by atoms with E-state index in [0.29, 0.717) is 24.9 Å². The van der Waals surface area contributed by atoms with Crippen molar-refractivity contribution < 1.29 is 4.79 Å². The fourth-order valence-corrected chi connectivity index (χ4v) is 3.33. The van der Waals surface area contributed by atoms with E-state index in [1.165, 1.54) is 38.5 Å². The van der Waals surface area contributed by atoms with Gasteiger partial charge in [-0.25, -0.2) is 0 Å². The molecule has 1 saturated carbocycles. The van der Waals surface area contributed by atoms with Crippen LogP contribution in [0.1, 0.15) is 51.4 Å². The molecular weight excluding hydrogens is 200 g/mol. The smallest absolute Gasteiger partial charge is 0.222 e. The second-order valence-electron chi connectivity index (χ2n) is 5.23. The van der Waals surface area contributed by atoms with Gasteiger partial charge in [0.05, 0.1) is 0 Å². The number of fused-ring (bicyclic) bond motifs is 1. The summed E-state index contributed by atoms with van der Waals surface area (Å²) < 4.78 is 0. The minimum Gasteiger partial charge on any atom is -0.339 e. The Balaban J connectivity index is 1.93. The Labute approximate surface area is 98.4 Å². The highest BCUT2D eigenvalue weighted by atomic mass is 16.2. The predicted molar refractivity (Wildman–Crippen MR) is 65.0 cm³/mol. The summed E-state index contributed by atoms with van der Waals surface area (Å²) in [4.78, 5) is 14.3. The fraction of sp³-hybridized carbons (Fsp3) is 0.923. The van der Waals surface area contributed by atoms with Crippen LogP contribution in [-0.2, 0) is 4.79 Å². The number of carbonyl (C=O) groups is 1. The van der Waals surface area contributed by atoms with Gasteiger partial charge in [-0.3, -0.25) is 4.79 Å². The molecule has 2 fully saturated rings. The van der Waals surface area contributed by atoms with Crippen LogP contribution in [0.25, 0.3) is 0 Å². The first-order valence-corrected chi connectivity index (χ1v) is 6.82. The minimum absolute atomic E-state index is 0.349. The number of hydrogen-bond donors (Lipinski definition) is 1. The van der Waals surface area contributed by atoms with Crippen molar-refractivity contribution in [2.75, 3.05) is 13.1 Å². The number of amides is 1. The zero-order chi connectivity index (χ0) is 11.4. The molecule has 2 rings (SSSR count). The molecule has 92 valence electrons. The second-order valence-corrected chi connectivity index (χ2v) is 5.23. The second kappa shape index (κ2) is 5.67. The third kappa shape index (κ3) is 2.57. The topological polar surface area (TPSA) is 46.3 Å². The lowest BCUT2D eigenvalue weighted by Gasteiger charge is -2.44. The normalized spacial score (nSPS) is 29.9. The lowest BCUT2D eigenvalue weighted by Crippen LogP contribution is -2.49. The average molecular weight is 224 g/mol. The van der Waals surface area contributed by atoms with Gasteiger partial charge in [-0.05, 0) is 44.6 Å². The molecule has 1 heterocycles. The number of nitrogens with two attached hydrogens (primary N) is 1. The summed E-state index contributed by atoms with van der Waals surface area (Å²) in [6.45, 7) is 1.62. The van der Waals surface area contributed by atoms with E-state index in [4.69, 9.17) is 5.73 Å². The van der Waals surface area contributed by atoms with Crippen LogP contribution in [0.4, 0.5) is 0 Å². The van der Waals surface area contributed by atoms with E-state index < -0.39 is 0 Å². The van der Waals surface area contributed by atoms with Crippen molar-refractivity contribution in [3.8, 4) is 0 Å². The van der Waals surface area contributed by atoms with Crippen LogP contribution in [0, 0.1) is 5.92 Å². The molecule has 1 saturated heterocycles. The van der Waals surface area contributed by atoms with E-state index in [2.05, 4.69) is 4.90 Å².